The minimum Gasteiger partial charge on any atom is -0.394 e. The van der Waals surface area contributed by atoms with Gasteiger partial charge >= 0.3 is 0 Å². The zero-order valence-corrected chi connectivity index (χ0v) is 12.3. The fourth-order valence-corrected chi connectivity index (χ4v) is 2.35. The summed E-state index contributed by atoms with van der Waals surface area (Å²) >= 11 is 1.87. The largest absolute Gasteiger partial charge is 0.394 e. The normalized spacial score (nSPS) is 13.1. The Morgan fingerprint density at radius 3 is 2.53 bits per heavy atom. The first-order valence-corrected chi connectivity index (χ1v) is 7.44. The van der Waals surface area contributed by atoms with E-state index in [9.17, 15) is 0 Å². The van der Waals surface area contributed by atoms with Gasteiger partial charge in [0.2, 0.25) is 0 Å². The molecule has 0 radical (unpaired) electrons. The van der Waals surface area contributed by atoms with Gasteiger partial charge in [-0.2, -0.15) is 16.9 Å². The first kappa shape index (κ1) is 14.2. The van der Waals surface area contributed by atoms with Gasteiger partial charge in [0.05, 0.1) is 11.4 Å². The van der Waals surface area contributed by atoms with Crippen LogP contribution in [0.15, 0.2) is 0 Å². The van der Waals surface area contributed by atoms with E-state index in [0.29, 0.717) is 12.0 Å². The van der Waals surface area contributed by atoms with Crippen molar-refractivity contribution < 1.29 is 0 Å². The molecule has 3 N–H and O–H groups in total. The monoisotopic (exact) mass is 256 g/mol. The molecule has 0 saturated carbocycles. The van der Waals surface area contributed by atoms with E-state index in [-0.39, 0.29) is 0 Å². The van der Waals surface area contributed by atoms with Gasteiger partial charge in [-0.15, -0.1) is 0 Å². The van der Waals surface area contributed by atoms with E-state index in [0.717, 1.165) is 29.4 Å². The molecular weight excluding hydrogens is 232 g/mol. The topological polar surface area (TPSA) is 55.9 Å². The van der Waals surface area contributed by atoms with Crippen molar-refractivity contribution in [3.8, 4) is 0 Å². The first-order chi connectivity index (χ1) is 7.97. The second kappa shape index (κ2) is 6.19. The maximum atomic E-state index is 6.13. The van der Waals surface area contributed by atoms with E-state index in [1.165, 1.54) is 0 Å². The van der Waals surface area contributed by atoms with E-state index in [1.807, 2.05) is 23.5 Å². The molecule has 0 amide bonds. The lowest BCUT2D eigenvalue weighted by Crippen LogP contribution is -2.18. The average molecular weight is 256 g/mol. The van der Waals surface area contributed by atoms with Crippen LogP contribution in [0.3, 0.4) is 0 Å². The van der Waals surface area contributed by atoms with Gasteiger partial charge in [0.15, 0.2) is 0 Å². The second-order valence-corrected chi connectivity index (χ2v) is 5.74. The van der Waals surface area contributed by atoms with Crippen molar-refractivity contribution in [3.63, 3.8) is 0 Å². The summed E-state index contributed by atoms with van der Waals surface area (Å²) in [4.78, 5) is 0. The molecule has 4 nitrogen and oxygen atoms in total. The summed E-state index contributed by atoms with van der Waals surface area (Å²) in [5.41, 5.74) is 7.90. The van der Waals surface area contributed by atoms with Gasteiger partial charge < -0.3 is 11.1 Å². The molecule has 98 valence electrons. The van der Waals surface area contributed by atoms with E-state index >= 15 is 0 Å². The smallest absolute Gasteiger partial charge is 0.147 e. The van der Waals surface area contributed by atoms with Crippen molar-refractivity contribution in [2.45, 2.75) is 39.2 Å². The maximum absolute atomic E-state index is 6.13. The highest BCUT2D eigenvalue weighted by atomic mass is 32.2. The number of anilines is 2. The fourth-order valence-electron chi connectivity index (χ4n) is 1.76. The van der Waals surface area contributed by atoms with Crippen molar-refractivity contribution in [2.75, 3.05) is 23.1 Å². The summed E-state index contributed by atoms with van der Waals surface area (Å²) < 4.78 is 1.85. The molecule has 0 saturated heterocycles. The van der Waals surface area contributed by atoms with Crippen LogP contribution in [0.25, 0.3) is 0 Å². The Balaban J connectivity index is 2.77. The van der Waals surface area contributed by atoms with Crippen LogP contribution >= 0.6 is 11.8 Å². The molecule has 0 aliphatic heterocycles. The highest BCUT2D eigenvalue weighted by Gasteiger charge is 2.16. The summed E-state index contributed by atoms with van der Waals surface area (Å²) in [6.07, 6.45) is 3.25. The number of nitrogen functional groups attached to an aromatic ring is 1. The van der Waals surface area contributed by atoms with Gasteiger partial charge in [-0.05, 0) is 31.3 Å². The molecule has 1 aromatic rings. The standard InChI is InChI=1S/C12H24N4S/c1-8(2)11-10(13)12(16(4)15-11)14-9(3)6-7-17-5/h8-9,14H,6-7,13H2,1-5H3. The van der Waals surface area contributed by atoms with E-state index in [4.69, 9.17) is 5.73 Å². The van der Waals surface area contributed by atoms with Crippen LogP contribution in [0.2, 0.25) is 0 Å². The summed E-state index contributed by atoms with van der Waals surface area (Å²) in [5.74, 6) is 2.46. The van der Waals surface area contributed by atoms with Crippen LogP contribution in [0.1, 0.15) is 38.8 Å². The van der Waals surface area contributed by atoms with E-state index < -0.39 is 0 Å². The van der Waals surface area contributed by atoms with Gasteiger partial charge in [0.25, 0.3) is 0 Å². The lowest BCUT2D eigenvalue weighted by Gasteiger charge is -2.15. The number of nitrogens with two attached hydrogens (primary N) is 1. The maximum Gasteiger partial charge on any atom is 0.147 e. The number of hydrogen-bond acceptors (Lipinski definition) is 4. The number of rotatable bonds is 6. The molecule has 0 aromatic carbocycles. The average Bonchev–Trinajstić information content (AvgIpc) is 2.54. The molecule has 1 unspecified atom stereocenters. The van der Waals surface area contributed by atoms with Gasteiger partial charge in [0.1, 0.15) is 5.82 Å². The van der Waals surface area contributed by atoms with E-state index in [2.05, 4.69) is 37.4 Å². The SMILES string of the molecule is CSCCC(C)Nc1c(N)c(C(C)C)nn1C. The zero-order chi connectivity index (χ0) is 13.0. The molecule has 1 aromatic heterocycles. The minimum atomic E-state index is 0.359. The third kappa shape index (κ3) is 3.56. The molecule has 0 aliphatic rings. The predicted octanol–water partition coefficient (Wildman–Crippen LogP) is 2.68. The highest BCUT2D eigenvalue weighted by molar-refractivity contribution is 7.98. The van der Waals surface area contributed by atoms with Crippen LogP contribution in [-0.4, -0.2) is 27.8 Å². The Hall–Kier alpha value is -0.840. The molecule has 0 bridgehead atoms. The molecule has 1 rings (SSSR count). The Bertz CT molecular complexity index is 360. The van der Waals surface area contributed by atoms with E-state index in [1.54, 1.807) is 0 Å². The Labute approximate surface area is 108 Å². The lowest BCUT2D eigenvalue weighted by molar-refractivity contribution is 0.697. The van der Waals surface area contributed by atoms with Crippen LogP contribution in [0, 0.1) is 0 Å². The van der Waals surface area contributed by atoms with Crippen molar-refractivity contribution in [3.05, 3.63) is 5.69 Å². The number of aryl methyl sites for hydroxylation is 1. The fraction of sp³-hybridized carbons (Fsp3) is 0.750. The molecule has 0 aliphatic carbocycles. The van der Waals surface area contributed by atoms with Gasteiger partial charge in [-0.1, -0.05) is 13.8 Å². The van der Waals surface area contributed by atoms with Crippen LogP contribution in [0.5, 0.6) is 0 Å². The lowest BCUT2D eigenvalue weighted by atomic mass is 10.1. The third-order valence-corrected chi connectivity index (χ3v) is 3.44. The summed E-state index contributed by atoms with van der Waals surface area (Å²) in [6.45, 7) is 6.40. The first-order valence-electron chi connectivity index (χ1n) is 6.05. The Morgan fingerprint density at radius 2 is 2.06 bits per heavy atom. The second-order valence-electron chi connectivity index (χ2n) is 4.75. The molecule has 0 spiro atoms. The van der Waals surface area contributed by atoms with Crippen molar-refractivity contribution in [2.24, 2.45) is 7.05 Å². The Kier molecular flexibility index (Phi) is 5.18. The number of thioether (sulfide) groups is 1. The molecule has 0 fully saturated rings. The van der Waals surface area contributed by atoms with Crippen LogP contribution in [0.4, 0.5) is 11.5 Å². The number of aromatic nitrogens is 2. The predicted molar refractivity (Wildman–Crippen MR) is 77.8 cm³/mol. The van der Waals surface area contributed by atoms with Crippen LogP contribution < -0.4 is 11.1 Å². The number of nitrogens with one attached hydrogen (secondary N) is 1. The van der Waals surface area contributed by atoms with Crippen molar-refractivity contribution in [1.82, 2.24) is 9.78 Å². The molecule has 1 heterocycles. The molecule has 1 atom stereocenters. The van der Waals surface area contributed by atoms with Gasteiger partial charge in [0, 0.05) is 13.1 Å². The van der Waals surface area contributed by atoms with Crippen molar-refractivity contribution >= 4 is 23.3 Å². The molecule has 17 heavy (non-hydrogen) atoms. The van der Waals surface area contributed by atoms with Crippen molar-refractivity contribution in [1.29, 1.82) is 0 Å². The summed E-state index contributed by atoms with van der Waals surface area (Å²) in [6, 6.07) is 0.417. The summed E-state index contributed by atoms with van der Waals surface area (Å²) in [5, 5.41) is 7.92. The number of hydrogen-bond donors (Lipinski definition) is 2. The summed E-state index contributed by atoms with van der Waals surface area (Å²) in [7, 11) is 1.94. The Morgan fingerprint density at radius 1 is 1.41 bits per heavy atom. The van der Waals surface area contributed by atoms with Crippen LogP contribution in [-0.2, 0) is 7.05 Å². The quantitative estimate of drug-likeness (QED) is 0.821. The molecule has 5 heteroatoms. The van der Waals surface area contributed by atoms with Gasteiger partial charge in [-0.3, -0.25) is 4.68 Å². The minimum absolute atomic E-state index is 0.359. The third-order valence-electron chi connectivity index (χ3n) is 2.80. The van der Waals surface area contributed by atoms with Gasteiger partial charge in [-0.25, -0.2) is 0 Å². The highest BCUT2D eigenvalue weighted by Crippen LogP contribution is 2.28. The zero-order valence-electron chi connectivity index (χ0n) is 11.4. The molecular formula is C12H24N4S. The number of nitrogens with zero attached hydrogens (tertiary/aromatic N) is 2.